The Morgan fingerprint density at radius 3 is 2.70 bits per heavy atom. The van der Waals surface area contributed by atoms with Crippen LogP contribution in [0, 0.1) is 13.8 Å². The van der Waals surface area contributed by atoms with Crippen molar-refractivity contribution in [3.63, 3.8) is 0 Å². The highest BCUT2D eigenvalue weighted by Gasteiger charge is 2.24. The number of anilines is 1. The number of benzene rings is 2. The molecule has 174 valence electrons. The van der Waals surface area contributed by atoms with E-state index < -0.39 is 11.7 Å². The van der Waals surface area contributed by atoms with Crippen molar-refractivity contribution in [2.75, 3.05) is 19.2 Å². The number of nitrogens with one attached hydrogen (secondary N) is 2. The van der Waals surface area contributed by atoms with Gasteiger partial charge in [-0.15, -0.1) is 0 Å². The van der Waals surface area contributed by atoms with Crippen LogP contribution in [0.4, 0.5) is 5.69 Å². The molecule has 0 aliphatic heterocycles. The number of fused-ring (bicyclic) bond motifs is 1. The molecule has 1 atom stereocenters. The highest BCUT2D eigenvalue weighted by Crippen LogP contribution is 2.40. The molecule has 0 fully saturated rings. The van der Waals surface area contributed by atoms with Crippen molar-refractivity contribution in [1.29, 1.82) is 0 Å². The molecule has 1 aliphatic carbocycles. The number of aromatic amines is 1. The Bertz CT molecular complexity index is 1200. The molecule has 2 N–H and O–H groups in total. The number of ether oxygens (including phenoxy) is 2. The van der Waals surface area contributed by atoms with Crippen molar-refractivity contribution >= 4 is 11.6 Å². The van der Waals surface area contributed by atoms with Crippen LogP contribution in [0.1, 0.15) is 69.7 Å². The Balaban J connectivity index is 1.61. The molecule has 1 aliphatic rings. The third-order valence-electron chi connectivity index (χ3n) is 6.28. The fourth-order valence-corrected chi connectivity index (χ4v) is 4.72. The van der Waals surface area contributed by atoms with Gasteiger partial charge in [0.05, 0.1) is 0 Å². The highest BCUT2D eigenvalue weighted by atomic mass is 16.7. The van der Waals surface area contributed by atoms with Crippen LogP contribution in [0.15, 0.2) is 33.6 Å². The van der Waals surface area contributed by atoms with Crippen LogP contribution in [0.3, 0.4) is 0 Å². The number of carbonyl (C=O) groups excluding carboxylic acids is 1. The van der Waals surface area contributed by atoms with Gasteiger partial charge in [0.15, 0.2) is 6.79 Å². The van der Waals surface area contributed by atoms with Gasteiger partial charge < -0.3 is 14.8 Å². The average Bonchev–Trinajstić information content (AvgIpc) is 3.22. The smallest absolute Gasteiger partial charge is 0.439 e. The Hall–Kier alpha value is -3.39. The number of rotatable bonds is 7. The molecule has 1 amide bonds. The van der Waals surface area contributed by atoms with Gasteiger partial charge in [-0.2, -0.15) is 0 Å². The molecule has 0 radical (unpaired) electrons. The molecule has 0 saturated carbocycles. The topological polar surface area (TPSA) is 106 Å². The zero-order chi connectivity index (χ0) is 23.5. The summed E-state index contributed by atoms with van der Waals surface area (Å²) < 4.78 is 15.4. The Morgan fingerprint density at radius 1 is 1.27 bits per heavy atom. The first kappa shape index (κ1) is 22.8. The van der Waals surface area contributed by atoms with E-state index in [2.05, 4.69) is 39.0 Å². The second-order valence-electron chi connectivity index (χ2n) is 8.62. The quantitative estimate of drug-likeness (QED) is 0.520. The van der Waals surface area contributed by atoms with Gasteiger partial charge in [0.25, 0.3) is 5.91 Å². The van der Waals surface area contributed by atoms with Crippen molar-refractivity contribution in [2.24, 2.45) is 0 Å². The van der Waals surface area contributed by atoms with Gasteiger partial charge in [-0.25, -0.2) is 4.79 Å². The monoisotopic (exact) mass is 451 g/mol. The molecule has 3 aromatic rings. The predicted molar refractivity (Wildman–Crippen MR) is 124 cm³/mol. The molecule has 0 bridgehead atoms. The molecule has 8 heteroatoms. The largest absolute Gasteiger partial charge is 0.467 e. The van der Waals surface area contributed by atoms with Crippen LogP contribution in [0.25, 0.3) is 0 Å². The van der Waals surface area contributed by atoms with E-state index in [4.69, 9.17) is 9.47 Å². The lowest BCUT2D eigenvalue weighted by Crippen LogP contribution is -2.16. The van der Waals surface area contributed by atoms with E-state index in [1.54, 1.807) is 7.11 Å². The van der Waals surface area contributed by atoms with Gasteiger partial charge in [0, 0.05) is 18.4 Å². The first-order valence-corrected chi connectivity index (χ1v) is 11.1. The number of hydrogen-bond acceptors (Lipinski definition) is 6. The summed E-state index contributed by atoms with van der Waals surface area (Å²) in [5, 5.41) is 6.20. The minimum absolute atomic E-state index is 0.157. The number of carbonyl (C=O) groups is 1. The Labute approximate surface area is 192 Å². The second kappa shape index (κ2) is 9.62. The first-order chi connectivity index (χ1) is 15.9. The molecule has 4 rings (SSSR count). The lowest BCUT2D eigenvalue weighted by molar-refractivity contribution is 0.0500. The third kappa shape index (κ3) is 4.85. The second-order valence-corrected chi connectivity index (χ2v) is 8.62. The van der Waals surface area contributed by atoms with E-state index in [1.807, 2.05) is 26.0 Å². The van der Waals surface area contributed by atoms with Gasteiger partial charge in [0.1, 0.15) is 5.75 Å². The predicted octanol–water partition coefficient (Wildman–Crippen LogP) is 4.25. The van der Waals surface area contributed by atoms with Crippen molar-refractivity contribution in [1.82, 2.24) is 10.1 Å². The SMILES string of the molecule is COCOc1ccc(Cc2c(C)cc(NC(=O)c3noc(=O)[nH]3)cc2C)c2c1[C@H](C)CCC2. The van der Waals surface area contributed by atoms with Gasteiger partial charge >= 0.3 is 5.76 Å². The van der Waals surface area contributed by atoms with Crippen LogP contribution in [-0.2, 0) is 17.6 Å². The van der Waals surface area contributed by atoms with E-state index >= 15 is 0 Å². The summed E-state index contributed by atoms with van der Waals surface area (Å²) in [5.41, 5.74) is 8.03. The molecule has 33 heavy (non-hydrogen) atoms. The van der Waals surface area contributed by atoms with Gasteiger partial charge in [-0.1, -0.05) is 13.0 Å². The van der Waals surface area contributed by atoms with Gasteiger partial charge in [-0.05, 0) is 96.6 Å². The number of hydrogen-bond donors (Lipinski definition) is 2. The Kier molecular flexibility index (Phi) is 6.65. The maximum atomic E-state index is 12.3. The minimum atomic E-state index is -0.765. The summed E-state index contributed by atoms with van der Waals surface area (Å²) >= 11 is 0. The molecular formula is C25H29N3O5. The summed E-state index contributed by atoms with van der Waals surface area (Å²) in [6, 6.07) is 8.09. The fourth-order valence-electron chi connectivity index (χ4n) is 4.72. The Morgan fingerprint density at radius 2 is 2.03 bits per heavy atom. The van der Waals surface area contributed by atoms with Crippen LogP contribution in [0.2, 0.25) is 0 Å². The van der Waals surface area contributed by atoms with Crippen molar-refractivity contribution in [2.45, 2.75) is 52.4 Å². The lowest BCUT2D eigenvalue weighted by Gasteiger charge is -2.28. The summed E-state index contributed by atoms with van der Waals surface area (Å²) in [6.45, 7) is 6.59. The maximum absolute atomic E-state index is 12.3. The number of nitrogens with zero attached hydrogens (tertiary/aromatic N) is 1. The average molecular weight is 452 g/mol. The van der Waals surface area contributed by atoms with Crippen LogP contribution in [0.5, 0.6) is 5.75 Å². The summed E-state index contributed by atoms with van der Waals surface area (Å²) in [5.74, 6) is -0.0827. The zero-order valence-electron chi connectivity index (χ0n) is 19.4. The summed E-state index contributed by atoms with van der Waals surface area (Å²) in [6.07, 6.45) is 4.18. The van der Waals surface area contributed by atoms with E-state index in [1.165, 1.54) is 28.7 Å². The molecule has 0 saturated heterocycles. The molecule has 0 spiro atoms. The molecule has 1 aromatic heterocycles. The minimum Gasteiger partial charge on any atom is -0.467 e. The number of aryl methyl sites for hydroxylation is 2. The normalized spacial score (nSPS) is 15.2. The standard InChI is InChI=1S/C25H29N3O5/c1-14-6-5-7-19-17(8-9-21(22(14)19)32-13-31-4)12-20-15(2)10-18(11-16(20)3)26-24(29)23-27-25(30)33-28-23/h8-11,14H,5-7,12-13H2,1-4H3,(H,26,29)(H,27,28,30)/t14-/m1/s1. The number of methoxy groups -OCH3 is 1. The van der Waals surface area contributed by atoms with E-state index in [-0.39, 0.29) is 12.6 Å². The molecule has 1 heterocycles. The van der Waals surface area contributed by atoms with Crippen LogP contribution in [-0.4, -0.2) is 30.0 Å². The molecule has 2 aromatic carbocycles. The van der Waals surface area contributed by atoms with Crippen molar-refractivity contribution in [3.05, 3.63) is 74.0 Å². The number of aromatic nitrogens is 2. The highest BCUT2D eigenvalue weighted by molar-refractivity contribution is 6.01. The van der Waals surface area contributed by atoms with Gasteiger partial charge in [-0.3, -0.25) is 14.3 Å². The van der Waals surface area contributed by atoms with Crippen LogP contribution >= 0.6 is 0 Å². The fraction of sp³-hybridized carbons (Fsp3) is 0.400. The third-order valence-corrected chi connectivity index (χ3v) is 6.28. The molecular weight excluding hydrogens is 422 g/mol. The van der Waals surface area contributed by atoms with E-state index in [9.17, 15) is 9.59 Å². The molecule has 0 unspecified atom stereocenters. The lowest BCUT2D eigenvalue weighted by atomic mass is 9.79. The first-order valence-electron chi connectivity index (χ1n) is 11.1. The van der Waals surface area contributed by atoms with Crippen LogP contribution < -0.4 is 15.8 Å². The summed E-state index contributed by atoms with van der Waals surface area (Å²) in [4.78, 5) is 25.6. The van der Waals surface area contributed by atoms with Crippen molar-refractivity contribution in [3.8, 4) is 5.75 Å². The van der Waals surface area contributed by atoms with Gasteiger partial charge in [0.2, 0.25) is 5.82 Å². The van der Waals surface area contributed by atoms with E-state index in [0.29, 0.717) is 11.6 Å². The summed E-state index contributed by atoms with van der Waals surface area (Å²) in [7, 11) is 1.63. The van der Waals surface area contributed by atoms with Crippen molar-refractivity contribution < 1.29 is 18.8 Å². The number of H-pyrrole nitrogens is 1. The zero-order valence-corrected chi connectivity index (χ0v) is 19.4. The maximum Gasteiger partial charge on any atom is 0.439 e. The van der Waals surface area contributed by atoms with E-state index in [0.717, 1.165) is 36.1 Å². The number of amides is 1. The molecule has 8 nitrogen and oxygen atoms in total.